The van der Waals surface area contributed by atoms with Crippen molar-refractivity contribution in [2.75, 3.05) is 27.2 Å². The normalized spacial score (nSPS) is 35.2. The first-order valence-electron chi connectivity index (χ1n) is 6.91. The fraction of sp³-hybridized carbons (Fsp3) is 0.923. The Bertz CT molecular complexity index is 314. The molecule has 2 unspecified atom stereocenters. The summed E-state index contributed by atoms with van der Waals surface area (Å²) >= 11 is 0. The van der Waals surface area contributed by atoms with Crippen molar-refractivity contribution >= 4 is 5.91 Å². The number of primary amides is 1. The molecule has 1 amide bonds. The Hall–Kier alpha value is -0.650. The van der Waals surface area contributed by atoms with Gasteiger partial charge in [0.25, 0.3) is 0 Å². The van der Waals surface area contributed by atoms with Crippen LogP contribution in [0, 0.1) is 0 Å². The van der Waals surface area contributed by atoms with Gasteiger partial charge in [-0.3, -0.25) is 4.79 Å². The standard InChI is InChI=1S/C13H26N4O/c1-16-7-4-10(5-8-16)17(2)11-3-6-13(15,9-11)12(14)18/h10-11H,3-9,15H2,1-2H3,(H2,14,18). The van der Waals surface area contributed by atoms with Crippen LogP contribution >= 0.6 is 0 Å². The summed E-state index contributed by atoms with van der Waals surface area (Å²) in [7, 11) is 4.34. The van der Waals surface area contributed by atoms with Gasteiger partial charge in [-0.1, -0.05) is 0 Å². The molecule has 2 aliphatic rings. The molecule has 0 aromatic heterocycles. The van der Waals surface area contributed by atoms with Gasteiger partial charge in [0.1, 0.15) is 0 Å². The first kappa shape index (κ1) is 13.8. The first-order valence-corrected chi connectivity index (χ1v) is 6.91. The van der Waals surface area contributed by atoms with Crippen LogP contribution in [0.1, 0.15) is 32.1 Å². The van der Waals surface area contributed by atoms with Crippen LogP contribution in [0.5, 0.6) is 0 Å². The summed E-state index contributed by atoms with van der Waals surface area (Å²) in [5, 5.41) is 0. The molecule has 104 valence electrons. The summed E-state index contributed by atoms with van der Waals surface area (Å²) < 4.78 is 0. The van der Waals surface area contributed by atoms with Crippen molar-refractivity contribution in [2.24, 2.45) is 11.5 Å². The molecule has 0 aromatic rings. The van der Waals surface area contributed by atoms with Crippen molar-refractivity contribution in [3.63, 3.8) is 0 Å². The Kier molecular flexibility index (Phi) is 3.94. The molecule has 1 saturated carbocycles. The van der Waals surface area contributed by atoms with Crippen molar-refractivity contribution in [1.82, 2.24) is 9.80 Å². The van der Waals surface area contributed by atoms with Gasteiger partial charge < -0.3 is 21.3 Å². The van der Waals surface area contributed by atoms with Gasteiger partial charge in [-0.15, -0.1) is 0 Å². The van der Waals surface area contributed by atoms with Crippen molar-refractivity contribution < 1.29 is 4.79 Å². The Morgan fingerprint density at radius 3 is 2.39 bits per heavy atom. The van der Waals surface area contributed by atoms with E-state index >= 15 is 0 Å². The van der Waals surface area contributed by atoms with Gasteiger partial charge in [0, 0.05) is 12.1 Å². The largest absolute Gasteiger partial charge is 0.368 e. The van der Waals surface area contributed by atoms with Crippen LogP contribution in [-0.2, 0) is 4.79 Å². The lowest BCUT2D eigenvalue weighted by atomic mass is 9.97. The monoisotopic (exact) mass is 254 g/mol. The Morgan fingerprint density at radius 1 is 1.28 bits per heavy atom. The Labute approximate surface area is 109 Å². The minimum absolute atomic E-state index is 0.346. The quantitative estimate of drug-likeness (QED) is 0.728. The molecule has 4 N–H and O–H groups in total. The average molecular weight is 254 g/mol. The molecule has 2 fully saturated rings. The molecular weight excluding hydrogens is 228 g/mol. The topological polar surface area (TPSA) is 75.6 Å². The predicted molar refractivity (Wildman–Crippen MR) is 72.0 cm³/mol. The van der Waals surface area contributed by atoms with Gasteiger partial charge >= 0.3 is 0 Å². The Morgan fingerprint density at radius 2 is 1.89 bits per heavy atom. The fourth-order valence-electron chi connectivity index (χ4n) is 3.32. The Balaban J connectivity index is 1.91. The van der Waals surface area contributed by atoms with Crippen LogP contribution in [-0.4, -0.2) is 60.5 Å². The zero-order chi connectivity index (χ0) is 13.3. The number of piperidine rings is 1. The number of nitrogens with two attached hydrogens (primary N) is 2. The first-order chi connectivity index (χ1) is 8.42. The number of nitrogens with zero attached hydrogens (tertiary/aromatic N) is 2. The van der Waals surface area contributed by atoms with E-state index in [1.807, 2.05) is 0 Å². The maximum absolute atomic E-state index is 11.4. The molecule has 1 aliphatic carbocycles. The molecule has 1 saturated heterocycles. The van der Waals surface area contributed by atoms with Gasteiger partial charge in [0.2, 0.25) is 5.91 Å². The maximum atomic E-state index is 11.4. The van der Waals surface area contributed by atoms with Crippen LogP contribution in [0.2, 0.25) is 0 Å². The van der Waals surface area contributed by atoms with Crippen LogP contribution in [0.25, 0.3) is 0 Å². The van der Waals surface area contributed by atoms with Crippen LogP contribution in [0.15, 0.2) is 0 Å². The molecule has 0 radical (unpaired) electrons. The van der Waals surface area contributed by atoms with Gasteiger partial charge in [0.15, 0.2) is 0 Å². The summed E-state index contributed by atoms with van der Waals surface area (Å²) in [5.41, 5.74) is 10.7. The van der Waals surface area contributed by atoms with Gasteiger partial charge in [-0.05, 0) is 59.3 Å². The molecule has 2 atom stereocenters. The minimum Gasteiger partial charge on any atom is -0.368 e. The number of hydrogen-bond acceptors (Lipinski definition) is 4. The van der Waals surface area contributed by atoms with E-state index in [2.05, 4.69) is 23.9 Å². The zero-order valence-corrected chi connectivity index (χ0v) is 11.6. The highest BCUT2D eigenvalue weighted by atomic mass is 16.1. The number of amides is 1. The predicted octanol–water partition coefficient (Wildman–Crippen LogP) is -0.252. The molecule has 5 nitrogen and oxygen atoms in total. The molecule has 2 rings (SSSR count). The van der Waals surface area contributed by atoms with Crippen molar-refractivity contribution in [2.45, 2.75) is 49.7 Å². The van der Waals surface area contributed by atoms with E-state index in [9.17, 15) is 4.79 Å². The number of likely N-dealkylation sites (tertiary alicyclic amines) is 1. The summed E-state index contributed by atoms with van der Waals surface area (Å²) in [4.78, 5) is 16.2. The second kappa shape index (κ2) is 5.15. The molecule has 1 heterocycles. The third-order valence-electron chi connectivity index (χ3n) is 4.85. The van der Waals surface area contributed by atoms with E-state index in [1.165, 1.54) is 12.8 Å². The summed E-state index contributed by atoms with van der Waals surface area (Å²) in [5.74, 6) is -0.346. The molecule has 0 bridgehead atoms. The molecule has 18 heavy (non-hydrogen) atoms. The summed E-state index contributed by atoms with van der Waals surface area (Å²) in [6.45, 7) is 2.32. The van der Waals surface area contributed by atoms with Crippen molar-refractivity contribution in [3.8, 4) is 0 Å². The smallest absolute Gasteiger partial charge is 0.237 e. The van der Waals surface area contributed by atoms with E-state index in [-0.39, 0.29) is 5.91 Å². The summed E-state index contributed by atoms with van der Waals surface area (Å²) in [6.07, 6.45) is 4.84. The van der Waals surface area contributed by atoms with Gasteiger partial charge in [0.05, 0.1) is 5.54 Å². The number of hydrogen-bond donors (Lipinski definition) is 2. The molecular formula is C13H26N4O. The minimum atomic E-state index is -0.773. The van der Waals surface area contributed by atoms with Crippen LogP contribution in [0.3, 0.4) is 0 Å². The third kappa shape index (κ3) is 2.68. The third-order valence-corrected chi connectivity index (χ3v) is 4.85. The van der Waals surface area contributed by atoms with Gasteiger partial charge in [-0.25, -0.2) is 0 Å². The molecule has 5 heteroatoms. The van der Waals surface area contributed by atoms with E-state index in [4.69, 9.17) is 11.5 Å². The highest BCUT2D eigenvalue weighted by molar-refractivity contribution is 5.84. The summed E-state index contributed by atoms with van der Waals surface area (Å²) in [6, 6.07) is 1.04. The lowest BCUT2D eigenvalue weighted by molar-refractivity contribution is -0.123. The SMILES string of the molecule is CN1CCC(N(C)C2CCC(N)(C(N)=O)C2)CC1. The number of carbonyl (C=O) groups excluding carboxylic acids is 1. The van der Waals surface area contributed by atoms with E-state index in [0.717, 1.165) is 25.9 Å². The van der Waals surface area contributed by atoms with E-state index in [0.29, 0.717) is 18.5 Å². The lowest BCUT2D eigenvalue weighted by Gasteiger charge is -2.38. The average Bonchev–Trinajstić information content (AvgIpc) is 2.73. The zero-order valence-electron chi connectivity index (χ0n) is 11.6. The van der Waals surface area contributed by atoms with Crippen LogP contribution < -0.4 is 11.5 Å². The second-order valence-electron chi connectivity index (χ2n) is 6.12. The van der Waals surface area contributed by atoms with Crippen molar-refractivity contribution in [1.29, 1.82) is 0 Å². The highest BCUT2D eigenvalue weighted by Crippen LogP contribution is 2.32. The van der Waals surface area contributed by atoms with Gasteiger partial charge in [-0.2, -0.15) is 0 Å². The van der Waals surface area contributed by atoms with E-state index in [1.54, 1.807) is 0 Å². The maximum Gasteiger partial charge on any atom is 0.237 e. The van der Waals surface area contributed by atoms with E-state index < -0.39 is 5.54 Å². The second-order valence-corrected chi connectivity index (χ2v) is 6.12. The van der Waals surface area contributed by atoms with Crippen molar-refractivity contribution in [3.05, 3.63) is 0 Å². The highest BCUT2D eigenvalue weighted by Gasteiger charge is 2.43. The lowest BCUT2D eigenvalue weighted by Crippen LogP contribution is -2.52. The number of carbonyl (C=O) groups is 1. The number of rotatable bonds is 3. The molecule has 0 aromatic carbocycles. The fourth-order valence-corrected chi connectivity index (χ4v) is 3.32. The molecule has 1 aliphatic heterocycles. The van der Waals surface area contributed by atoms with Crippen LogP contribution in [0.4, 0.5) is 0 Å². The molecule has 0 spiro atoms.